The number of aliphatic imine (C=N–C) groups is 1. The van der Waals surface area contributed by atoms with E-state index >= 15 is 0 Å². The maximum absolute atomic E-state index is 11.6. The zero-order chi connectivity index (χ0) is 23.7. The second-order valence-electron chi connectivity index (χ2n) is 8.78. The number of aromatic amines is 1. The van der Waals surface area contributed by atoms with Crippen LogP contribution in [0.3, 0.4) is 0 Å². The van der Waals surface area contributed by atoms with Crippen molar-refractivity contribution in [1.82, 2.24) is 19.7 Å². The molecule has 0 radical (unpaired) electrons. The monoisotopic (exact) mass is 457 g/mol. The molecule has 8 nitrogen and oxygen atoms in total. The molecule has 0 aliphatic carbocycles. The van der Waals surface area contributed by atoms with Gasteiger partial charge in [-0.05, 0) is 61.8 Å². The SMILES string of the molecule is Cn1cc(C(=Nc2ccc(CN3CCCCC3)cc2)c2c(O)[nH]c3ccc(C(=O)O)cc23)cn1. The van der Waals surface area contributed by atoms with Gasteiger partial charge in [0, 0.05) is 36.3 Å². The third-order valence-electron chi connectivity index (χ3n) is 6.27. The van der Waals surface area contributed by atoms with Crippen LogP contribution in [0.2, 0.25) is 0 Å². The van der Waals surface area contributed by atoms with E-state index in [2.05, 4.69) is 27.1 Å². The second-order valence-corrected chi connectivity index (χ2v) is 8.78. The number of hydrogen-bond acceptors (Lipinski definition) is 5. The smallest absolute Gasteiger partial charge is 0.335 e. The summed E-state index contributed by atoms with van der Waals surface area (Å²) in [4.78, 5) is 21.9. The van der Waals surface area contributed by atoms with Crippen molar-refractivity contribution in [2.75, 3.05) is 13.1 Å². The zero-order valence-corrected chi connectivity index (χ0v) is 19.0. The van der Waals surface area contributed by atoms with E-state index in [-0.39, 0.29) is 11.4 Å². The molecule has 174 valence electrons. The molecule has 3 heterocycles. The highest BCUT2D eigenvalue weighted by Gasteiger charge is 2.21. The molecular formula is C26H27N5O3. The van der Waals surface area contributed by atoms with E-state index in [1.807, 2.05) is 25.4 Å². The Morgan fingerprint density at radius 1 is 1.09 bits per heavy atom. The summed E-state index contributed by atoms with van der Waals surface area (Å²) in [6, 6.07) is 12.8. The summed E-state index contributed by atoms with van der Waals surface area (Å²) in [5.41, 5.74) is 4.43. The molecule has 4 aromatic rings. The summed E-state index contributed by atoms with van der Waals surface area (Å²) < 4.78 is 1.67. The van der Waals surface area contributed by atoms with Gasteiger partial charge < -0.3 is 15.2 Å². The van der Waals surface area contributed by atoms with Crippen LogP contribution in [0.25, 0.3) is 10.9 Å². The maximum Gasteiger partial charge on any atom is 0.335 e. The van der Waals surface area contributed by atoms with Crippen molar-refractivity contribution in [3.05, 3.63) is 77.1 Å². The zero-order valence-electron chi connectivity index (χ0n) is 19.0. The molecule has 1 aliphatic rings. The number of piperidine rings is 1. The first kappa shape index (κ1) is 21.9. The van der Waals surface area contributed by atoms with Crippen LogP contribution in [0.5, 0.6) is 5.88 Å². The van der Waals surface area contributed by atoms with Gasteiger partial charge in [-0.15, -0.1) is 0 Å². The van der Waals surface area contributed by atoms with E-state index in [9.17, 15) is 15.0 Å². The number of fused-ring (bicyclic) bond motifs is 1. The normalized spacial score (nSPS) is 15.1. The van der Waals surface area contributed by atoms with E-state index in [1.54, 1.807) is 23.0 Å². The van der Waals surface area contributed by atoms with Crippen LogP contribution in [0.1, 0.15) is 46.3 Å². The third kappa shape index (κ3) is 4.45. The summed E-state index contributed by atoms with van der Waals surface area (Å²) in [5, 5.41) is 25.1. The Morgan fingerprint density at radius 2 is 1.85 bits per heavy atom. The van der Waals surface area contributed by atoms with Crippen LogP contribution in [-0.2, 0) is 13.6 Å². The molecule has 0 saturated carbocycles. The number of hydrogen-bond donors (Lipinski definition) is 3. The molecule has 5 rings (SSSR count). The van der Waals surface area contributed by atoms with Crippen molar-refractivity contribution >= 4 is 28.3 Å². The summed E-state index contributed by atoms with van der Waals surface area (Å²) in [5.74, 6) is -1.10. The Hall–Kier alpha value is -3.91. The lowest BCUT2D eigenvalue weighted by atomic mass is 10.0. The number of carboxylic acids is 1. The number of benzene rings is 2. The number of nitrogens with zero attached hydrogens (tertiary/aromatic N) is 4. The fourth-order valence-corrected chi connectivity index (χ4v) is 4.54. The van der Waals surface area contributed by atoms with Gasteiger partial charge >= 0.3 is 5.97 Å². The van der Waals surface area contributed by atoms with Gasteiger partial charge in [-0.1, -0.05) is 18.6 Å². The van der Waals surface area contributed by atoms with Crippen LogP contribution in [0, 0.1) is 0 Å². The molecule has 1 fully saturated rings. The number of aryl methyl sites for hydroxylation is 1. The first-order valence-corrected chi connectivity index (χ1v) is 11.5. The molecule has 3 N–H and O–H groups in total. The van der Waals surface area contributed by atoms with Crippen LogP contribution < -0.4 is 0 Å². The fraction of sp³-hybridized carbons (Fsp3) is 0.269. The minimum Gasteiger partial charge on any atom is -0.494 e. The molecule has 2 aromatic carbocycles. The quantitative estimate of drug-likeness (QED) is 0.371. The minimum absolute atomic E-state index is 0.0677. The molecular weight excluding hydrogens is 430 g/mol. The number of H-pyrrole nitrogens is 1. The van der Waals surface area contributed by atoms with E-state index in [0.29, 0.717) is 22.2 Å². The van der Waals surface area contributed by atoms with Crippen molar-refractivity contribution in [2.24, 2.45) is 12.0 Å². The summed E-state index contributed by atoms with van der Waals surface area (Å²) in [6.45, 7) is 3.22. The lowest BCUT2D eigenvalue weighted by molar-refractivity contribution is 0.0697. The number of carboxylic acid groups (broad SMARTS) is 1. The Balaban J connectivity index is 1.56. The standard InChI is InChI=1S/C26H27N5O3/c1-30-16-19(14-27-30)24(23-21-13-18(26(33)34)7-10-22(21)29-25(23)32)28-20-8-5-17(6-9-20)15-31-11-3-2-4-12-31/h5-10,13-14,16,29,32H,2-4,11-12,15H2,1H3,(H,33,34). The predicted molar refractivity (Wildman–Crippen MR) is 131 cm³/mol. The van der Waals surface area contributed by atoms with Crippen molar-refractivity contribution < 1.29 is 15.0 Å². The van der Waals surface area contributed by atoms with Crippen molar-refractivity contribution in [2.45, 2.75) is 25.8 Å². The number of aromatic carboxylic acids is 1. The van der Waals surface area contributed by atoms with Gasteiger partial charge in [0.15, 0.2) is 5.88 Å². The lowest BCUT2D eigenvalue weighted by Crippen LogP contribution is -2.28. The maximum atomic E-state index is 11.6. The van der Waals surface area contributed by atoms with E-state index in [1.165, 1.54) is 30.9 Å². The number of aromatic nitrogens is 3. The molecule has 1 aliphatic heterocycles. The Labute approximate surface area is 197 Å². The van der Waals surface area contributed by atoms with Crippen molar-refractivity contribution in [3.8, 4) is 5.88 Å². The predicted octanol–water partition coefficient (Wildman–Crippen LogP) is 4.46. The van der Waals surface area contributed by atoms with E-state index < -0.39 is 5.97 Å². The Kier molecular flexibility index (Phi) is 5.90. The van der Waals surface area contributed by atoms with Gasteiger partial charge in [0.1, 0.15) is 0 Å². The molecule has 0 unspecified atom stereocenters. The molecule has 8 heteroatoms. The third-order valence-corrected chi connectivity index (χ3v) is 6.27. The summed E-state index contributed by atoms with van der Waals surface area (Å²) in [6.07, 6.45) is 7.34. The molecule has 0 amide bonds. The van der Waals surface area contributed by atoms with Gasteiger partial charge in [-0.2, -0.15) is 5.10 Å². The van der Waals surface area contributed by atoms with Gasteiger partial charge in [-0.25, -0.2) is 9.79 Å². The van der Waals surface area contributed by atoms with Crippen LogP contribution in [-0.4, -0.2) is 54.6 Å². The highest BCUT2D eigenvalue weighted by atomic mass is 16.4. The van der Waals surface area contributed by atoms with Crippen molar-refractivity contribution in [3.63, 3.8) is 0 Å². The van der Waals surface area contributed by atoms with Gasteiger partial charge in [0.2, 0.25) is 0 Å². The largest absolute Gasteiger partial charge is 0.494 e. The highest BCUT2D eigenvalue weighted by molar-refractivity contribution is 6.22. The lowest BCUT2D eigenvalue weighted by Gasteiger charge is -2.26. The highest BCUT2D eigenvalue weighted by Crippen LogP contribution is 2.32. The van der Waals surface area contributed by atoms with Gasteiger partial charge in [0.05, 0.1) is 28.7 Å². The van der Waals surface area contributed by atoms with Crippen LogP contribution in [0.4, 0.5) is 5.69 Å². The van der Waals surface area contributed by atoms with Gasteiger partial charge in [0.25, 0.3) is 0 Å². The van der Waals surface area contributed by atoms with Gasteiger partial charge in [-0.3, -0.25) is 9.58 Å². The topological polar surface area (TPSA) is 107 Å². The summed E-state index contributed by atoms with van der Waals surface area (Å²) >= 11 is 0. The second kappa shape index (κ2) is 9.15. The number of carbonyl (C=O) groups is 1. The van der Waals surface area contributed by atoms with Crippen LogP contribution in [0.15, 0.2) is 59.9 Å². The van der Waals surface area contributed by atoms with Crippen LogP contribution >= 0.6 is 0 Å². The molecule has 1 saturated heterocycles. The fourth-order valence-electron chi connectivity index (χ4n) is 4.54. The summed E-state index contributed by atoms with van der Waals surface area (Å²) in [7, 11) is 1.81. The molecule has 0 bridgehead atoms. The first-order chi connectivity index (χ1) is 16.5. The average Bonchev–Trinajstić information content (AvgIpc) is 3.41. The first-order valence-electron chi connectivity index (χ1n) is 11.5. The number of nitrogens with one attached hydrogen (secondary N) is 1. The van der Waals surface area contributed by atoms with E-state index in [0.717, 1.165) is 30.9 Å². The molecule has 0 atom stereocenters. The Morgan fingerprint density at radius 3 is 2.53 bits per heavy atom. The number of rotatable bonds is 6. The minimum atomic E-state index is -1.03. The molecule has 0 spiro atoms. The number of likely N-dealkylation sites (tertiary alicyclic amines) is 1. The molecule has 34 heavy (non-hydrogen) atoms. The molecule has 2 aromatic heterocycles. The Bertz CT molecular complexity index is 1360. The van der Waals surface area contributed by atoms with Crippen molar-refractivity contribution in [1.29, 1.82) is 0 Å². The number of aromatic hydroxyl groups is 1. The average molecular weight is 458 g/mol. The van der Waals surface area contributed by atoms with E-state index in [4.69, 9.17) is 4.99 Å².